The highest BCUT2D eigenvalue weighted by Gasteiger charge is 2.16. The van der Waals surface area contributed by atoms with E-state index in [-0.39, 0.29) is 11.1 Å². The third-order valence-corrected chi connectivity index (χ3v) is 4.46. The number of amides is 1. The van der Waals surface area contributed by atoms with Gasteiger partial charge in [-0.2, -0.15) is 5.10 Å². The van der Waals surface area contributed by atoms with Crippen molar-refractivity contribution < 1.29 is 18.7 Å². The predicted octanol–water partition coefficient (Wildman–Crippen LogP) is 2.78. The maximum Gasteiger partial charge on any atom is 0.280 e. The topological polar surface area (TPSA) is 97.7 Å². The summed E-state index contributed by atoms with van der Waals surface area (Å²) in [7, 11) is 2.97. The molecule has 0 saturated heterocycles. The molecule has 1 aromatic heterocycles. The second-order valence-electron chi connectivity index (χ2n) is 6.47. The number of ether oxygens (including phenoxy) is 2. The largest absolute Gasteiger partial charge is 0.497 e. The van der Waals surface area contributed by atoms with Gasteiger partial charge in [0.1, 0.15) is 17.3 Å². The number of halogens is 1. The Morgan fingerprint density at radius 2 is 1.70 bits per heavy atom. The molecule has 156 valence electrons. The van der Waals surface area contributed by atoms with Crippen LogP contribution in [0.25, 0.3) is 5.69 Å². The van der Waals surface area contributed by atoms with Gasteiger partial charge in [-0.3, -0.25) is 14.7 Å². The van der Waals surface area contributed by atoms with Crippen molar-refractivity contribution in [1.29, 1.82) is 0 Å². The Bertz CT molecular complexity index is 1140. The van der Waals surface area contributed by atoms with E-state index < -0.39 is 11.7 Å². The standard InChI is InChI=1S/C21H21FN4O4/c1-12(23-24-20(27)14-9-17(29-3)11-18(10-14)30-4)19-13(2)25-26(21(19)28)16-7-5-15(22)6-8-16/h5-11,25H,1-4H3,(H,24,27)/b23-12+. The first kappa shape index (κ1) is 20.8. The summed E-state index contributed by atoms with van der Waals surface area (Å²) in [5.74, 6) is 0.0382. The zero-order valence-corrected chi connectivity index (χ0v) is 16.9. The number of rotatable bonds is 6. The number of nitrogens with one attached hydrogen (secondary N) is 2. The fourth-order valence-corrected chi connectivity index (χ4v) is 2.94. The Labute approximate surface area is 171 Å². The van der Waals surface area contributed by atoms with E-state index in [4.69, 9.17) is 9.47 Å². The second-order valence-corrected chi connectivity index (χ2v) is 6.47. The Hall–Kier alpha value is -3.88. The van der Waals surface area contributed by atoms with Gasteiger partial charge in [0.15, 0.2) is 0 Å². The Morgan fingerprint density at radius 3 is 2.27 bits per heavy atom. The van der Waals surface area contributed by atoms with E-state index in [1.807, 2.05) is 0 Å². The van der Waals surface area contributed by atoms with E-state index in [2.05, 4.69) is 15.6 Å². The molecule has 3 rings (SSSR count). The molecular formula is C21H21FN4O4. The molecule has 0 aliphatic carbocycles. The zero-order valence-electron chi connectivity index (χ0n) is 16.9. The molecule has 0 fully saturated rings. The van der Waals surface area contributed by atoms with E-state index in [1.165, 1.54) is 43.2 Å². The van der Waals surface area contributed by atoms with Gasteiger partial charge < -0.3 is 9.47 Å². The Balaban J connectivity index is 1.87. The summed E-state index contributed by atoms with van der Waals surface area (Å²) in [6, 6.07) is 10.2. The average Bonchev–Trinajstić information content (AvgIpc) is 3.05. The van der Waals surface area contributed by atoms with Crippen molar-refractivity contribution in [3.63, 3.8) is 0 Å². The number of hydrogen-bond acceptors (Lipinski definition) is 5. The van der Waals surface area contributed by atoms with Crippen LogP contribution in [0.2, 0.25) is 0 Å². The van der Waals surface area contributed by atoms with E-state index in [9.17, 15) is 14.0 Å². The lowest BCUT2D eigenvalue weighted by molar-refractivity contribution is 0.0954. The van der Waals surface area contributed by atoms with Crippen molar-refractivity contribution in [1.82, 2.24) is 15.2 Å². The summed E-state index contributed by atoms with van der Waals surface area (Å²) < 4.78 is 24.8. The quantitative estimate of drug-likeness (QED) is 0.481. The van der Waals surface area contributed by atoms with Gasteiger partial charge in [-0.15, -0.1) is 0 Å². The molecule has 2 N–H and O–H groups in total. The molecule has 0 aliphatic heterocycles. The van der Waals surface area contributed by atoms with E-state index >= 15 is 0 Å². The number of nitrogens with zero attached hydrogens (tertiary/aromatic N) is 2. The summed E-state index contributed by atoms with van der Waals surface area (Å²) in [6.07, 6.45) is 0. The number of carbonyl (C=O) groups excluding carboxylic acids is 1. The molecule has 9 heteroatoms. The molecule has 8 nitrogen and oxygen atoms in total. The summed E-state index contributed by atoms with van der Waals surface area (Å²) in [5, 5.41) is 7.00. The number of aromatic nitrogens is 2. The van der Waals surface area contributed by atoms with Gasteiger partial charge in [-0.25, -0.2) is 14.5 Å². The molecule has 2 aromatic carbocycles. The number of carbonyl (C=O) groups is 1. The minimum Gasteiger partial charge on any atom is -0.497 e. The van der Waals surface area contributed by atoms with Gasteiger partial charge in [0.2, 0.25) is 0 Å². The normalized spacial score (nSPS) is 11.3. The van der Waals surface area contributed by atoms with Crippen LogP contribution in [0.4, 0.5) is 4.39 Å². The van der Waals surface area contributed by atoms with Gasteiger partial charge >= 0.3 is 0 Å². The fourth-order valence-electron chi connectivity index (χ4n) is 2.94. The van der Waals surface area contributed by atoms with Crippen LogP contribution in [0.3, 0.4) is 0 Å². The minimum atomic E-state index is -0.487. The van der Waals surface area contributed by atoms with Crippen LogP contribution in [0.1, 0.15) is 28.5 Å². The lowest BCUT2D eigenvalue weighted by Gasteiger charge is -2.07. The van der Waals surface area contributed by atoms with Crippen molar-refractivity contribution >= 4 is 11.6 Å². The van der Waals surface area contributed by atoms with E-state index in [1.54, 1.807) is 32.0 Å². The van der Waals surface area contributed by atoms with Crippen LogP contribution in [0.5, 0.6) is 11.5 Å². The Morgan fingerprint density at radius 1 is 1.10 bits per heavy atom. The van der Waals surface area contributed by atoms with Crippen LogP contribution in [-0.4, -0.2) is 35.6 Å². The number of methoxy groups -OCH3 is 2. The lowest BCUT2D eigenvalue weighted by atomic mass is 10.2. The maximum atomic E-state index is 13.2. The molecule has 0 spiro atoms. The highest BCUT2D eigenvalue weighted by Crippen LogP contribution is 2.22. The molecule has 0 unspecified atom stereocenters. The third-order valence-electron chi connectivity index (χ3n) is 4.46. The molecule has 0 aliphatic rings. The number of benzene rings is 2. The van der Waals surface area contributed by atoms with Gasteiger partial charge in [0.05, 0.1) is 31.2 Å². The van der Waals surface area contributed by atoms with Crippen LogP contribution >= 0.6 is 0 Å². The third kappa shape index (κ3) is 4.24. The number of hydrazone groups is 1. The molecule has 0 bridgehead atoms. The number of hydrogen-bond donors (Lipinski definition) is 2. The highest BCUT2D eigenvalue weighted by atomic mass is 19.1. The molecule has 0 radical (unpaired) electrons. The maximum absolute atomic E-state index is 13.2. The van der Waals surface area contributed by atoms with Crippen LogP contribution in [0, 0.1) is 12.7 Å². The molecule has 1 heterocycles. The molecule has 1 amide bonds. The first-order valence-electron chi connectivity index (χ1n) is 8.99. The molecule has 0 saturated carbocycles. The van der Waals surface area contributed by atoms with Crippen LogP contribution in [0.15, 0.2) is 52.4 Å². The molecule has 30 heavy (non-hydrogen) atoms. The summed E-state index contributed by atoms with van der Waals surface area (Å²) in [5.41, 5.74) is 4.03. The summed E-state index contributed by atoms with van der Waals surface area (Å²) >= 11 is 0. The average molecular weight is 412 g/mol. The van der Waals surface area contributed by atoms with Crippen molar-refractivity contribution in [2.75, 3.05) is 14.2 Å². The van der Waals surface area contributed by atoms with E-state index in [0.717, 1.165) is 0 Å². The summed E-state index contributed by atoms with van der Waals surface area (Å²) in [4.78, 5) is 25.3. The van der Waals surface area contributed by atoms with Crippen LogP contribution < -0.4 is 20.5 Å². The minimum absolute atomic E-state index is 0.289. The van der Waals surface area contributed by atoms with Crippen molar-refractivity contribution in [3.05, 3.63) is 75.5 Å². The first-order valence-corrected chi connectivity index (χ1v) is 8.99. The fraction of sp³-hybridized carbons (Fsp3) is 0.190. The first-order chi connectivity index (χ1) is 14.3. The molecule has 0 atom stereocenters. The van der Waals surface area contributed by atoms with Crippen molar-refractivity contribution in [3.8, 4) is 17.2 Å². The van der Waals surface area contributed by atoms with Gasteiger partial charge in [-0.1, -0.05) is 0 Å². The Kier molecular flexibility index (Phi) is 6.01. The molecular weight excluding hydrogens is 391 g/mol. The summed E-state index contributed by atoms with van der Waals surface area (Å²) in [6.45, 7) is 3.32. The van der Waals surface area contributed by atoms with Crippen LogP contribution in [-0.2, 0) is 0 Å². The second kappa shape index (κ2) is 8.64. The van der Waals surface area contributed by atoms with Gasteiger partial charge in [0, 0.05) is 17.3 Å². The van der Waals surface area contributed by atoms with E-state index in [0.29, 0.717) is 34.2 Å². The SMILES string of the molecule is COc1cc(OC)cc(C(=O)N/N=C(\C)c2c(C)[nH]n(-c3ccc(F)cc3)c2=O)c1. The van der Waals surface area contributed by atoms with Crippen molar-refractivity contribution in [2.24, 2.45) is 5.10 Å². The predicted molar refractivity (Wildman–Crippen MR) is 110 cm³/mol. The number of H-pyrrole nitrogens is 1. The smallest absolute Gasteiger partial charge is 0.280 e. The molecule has 3 aromatic rings. The van der Waals surface area contributed by atoms with Gasteiger partial charge in [-0.05, 0) is 50.2 Å². The van der Waals surface area contributed by atoms with Gasteiger partial charge in [0.25, 0.3) is 11.5 Å². The van der Waals surface area contributed by atoms with Crippen molar-refractivity contribution in [2.45, 2.75) is 13.8 Å². The highest BCUT2D eigenvalue weighted by molar-refractivity contribution is 6.01. The number of aromatic amines is 1. The lowest BCUT2D eigenvalue weighted by Crippen LogP contribution is -2.23. The number of aryl methyl sites for hydroxylation is 1. The monoisotopic (exact) mass is 412 g/mol. The zero-order chi connectivity index (χ0) is 21.8.